The van der Waals surface area contributed by atoms with E-state index in [1.165, 1.54) is 18.3 Å². The van der Waals surface area contributed by atoms with Crippen LogP contribution >= 0.6 is 0 Å². The molecular formula is C12H10N2O4. The molecule has 0 saturated heterocycles. The number of nitrogens with zero attached hydrogens (tertiary/aromatic N) is 2. The number of carbonyl (C=O) groups is 2. The number of carbonyl (C=O) groups excluding carboxylic acids is 2. The van der Waals surface area contributed by atoms with Gasteiger partial charge in [0.15, 0.2) is 0 Å². The zero-order valence-electron chi connectivity index (χ0n) is 9.62. The van der Waals surface area contributed by atoms with Crippen molar-refractivity contribution in [3.63, 3.8) is 0 Å². The molecule has 1 heterocycles. The van der Waals surface area contributed by atoms with E-state index in [4.69, 9.17) is 4.74 Å². The second-order valence-corrected chi connectivity index (χ2v) is 3.32. The fourth-order valence-electron chi connectivity index (χ4n) is 1.35. The van der Waals surface area contributed by atoms with Gasteiger partial charge >= 0.3 is 11.9 Å². The lowest BCUT2D eigenvalue weighted by Gasteiger charge is -2.04. The lowest BCUT2D eigenvalue weighted by Crippen LogP contribution is -2.22. The third-order valence-electron chi connectivity index (χ3n) is 2.09. The van der Waals surface area contributed by atoms with Gasteiger partial charge in [0, 0.05) is 18.5 Å². The highest BCUT2D eigenvalue weighted by Crippen LogP contribution is 2.17. The predicted molar refractivity (Wildman–Crippen MR) is 61.8 cm³/mol. The highest BCUT2D eigenvalue weighted by atomic mass is 16.6. The molecule has 0 radical (unpaired) electrons. The van der Waals surface area contributed by atoms with Crippen molar-refractivity contribution in [2.24, 2.45) is 0 Å². The van der Waals surface area contributed by atoms with Crippen molar-refractivity contribution in [1.29, 1.82) is 0 Å². The maximum Gasteiger partial charge on any atom is 0.422 e. The molecule has 18 heavy (non-hydrogen) atoms. The van der Waals surface area contributed by atoms with E-state index in [-0.39, 0.29) is 12.4 Å². The lowest BCUT2D eigenvalue weighted by atomic mass is 10.3. The maximum atomic E-state index is 11.3. The van der Waals surface area contributed by atoms with E-state index in [1.807, 2.05) is 0 Å². The van der Waals surface area contributed by atoms with Crippen LogP contribution in [0, 0.1) is 0 Å². The number of aromatic nitrogens is 2. The quantitative estimate of drug-likeness (QED) is 0.448. The first-order chi connectivity index (χ1) is 8.70. The maximum absolute atomic E-state index is 11.3. The van der Waals surface area contributed by atoms with Gasteiger partial charge in [0.2, 0.25) is 0 Å². The van der Waals surface area contributed by atoms with Gasteiger partial charge < -0.3 is 9.47 Å². The van der Waals surface area contributed by atoms with E-state index < -0.39 is 11.9 Å². The van der Waals surface area contributed by atoms with Gasteiger partial charge in [-0.05, 0) is 19.1 Å². The topological polar surface area (TPSA) is 78.4 Å². The van der Waals surface area contributed by atoms with Crippen molar-refractivity contribution in [3.05, 3.63) is 30.6 Å². The summed E-state index contributed by atoms with van der Waals surface area (Å²) >= 11 is 0. The Morgan fingerprint density at radius 3 is 2.56 bits per heavy atom. The van der Waals surface area contributed by atoms with Gasteiger partial charge in [0.05, 0.1) is 17.6 Å². The average molecular weight is 246 g/mol. The Bertz CT molecular complexity index is 597. The number of ether oxygens (including phenoxy) is 2. The molecule has 0 aliphatic heterocycles. The number of fused-ring (bicyclic) bond motifs is 1. The van der Waals surface area contributed by atoms with Gasteiger partial charge in [-0.25, -0.2) is 9.59 Å². The summed E-state index contributed by atoms with van der Waals surface area (Å²) in [5.74, 6) is -1.85. The third kappa shape index (κ3) is 2.60. The molecule has 0 aliphatic carbocycles. The molecule has 0 spiro atoms. The van der Waals surface area contributed by atoms with Crippen molar-refractivity contribution in [2.45, 2.75) is 6.92 Å². The third-order valence-corrected chi connectivity index (χ3v) is 2.09. The van der Waals surface area contributed by atoms with Crippen LogP contribution in [-0.4, -0.2) is 28.5 Å². The molecular weight excluding hydrogens is 236 g/mol. The minimum atomic E-state index is -1.06. The number of hydrogen-bond donors (Lipinski definition) is 0. The van der Waals surface area contributed by atoms with Crippen molar-refractivity contribution in [3.8, 4) is 5.75 Å². The number of benzene rings is 1. The number of esters is 2. The van der Waals surface area contributed by atoms with Crippen LogP contribution in [0.3, 0.4) is 0 Å². The molecule has 2 aromatic rings. The molecule has 92 valence electrons. The molecule has 0 bridgehead atoms. The summed E-state index contributed by atoms with van der Waals surface area (Å²) in [6, 6.07) is 4.71. The summed E-state index contributed by atoms with van der Waals surface area (Å²) in [4.78, 5) is 30.5. The SMILES string of the molecule is CCOC(=O)C(=O)Oc1ccc2nccnc2c1. The van der Waals surface area contributed by atoms with Crippen LogP contribution in [0.1, 0.15) is 6.92 Å². The molecule has 1 aromatic carbocycles. The Morgan fingerprint density at radius 2 is 1.83 bits per heavy atom. The van der Waals surface area contributed by atoms with Crippen molar-refractivity contribution in [1.82, 2.24) is 9.97 Å². The fourth-order valence-corrected chi connectivity index (χ4v) is 1.35. The molecule has 0 saturated carbocycles. The lowest BCUT2D eigenvalue weighted by molar-refractivity contribution is -0.161. The van der Waals surface area contributed by atoms with Crippen LogP contribution in [0.25, 0.3) is 11.0 Å². The predicted octanol–water partition coefficient (Wildman–Crippen LogP) is 1.10. The van der Waals surface area contributed by atoms with E-state index in [0.29, 0.717) is 11.0 Å². The first kappa shape index (κ1) is 12.0. The number of hydrogen-bond acceptors (Lipinski definition) is 6. The zero-order valence-corrected chi connectivity index (χ0v) is 9.62. The Labute approximate surface area is 103 Å². The summed E-state index contributed by atoms with van der Waals surface area (Å²) in [5, 5.41) is 0. The molecule has 0 amide bonds. The van der Waals surface area contributed by atoms with Gasteiger partial charge in [0.1, 0.15) is 5.75 Å². The van der Waals surface area contributed by atoms with E-state index in [1.54, 1.807) is 19.2 Å². The zero-order chi connectivity index (χ0) is 13.0. The normalized spacial score (nSPS) is 10.1. The van der Waals surface area contributed by atoms with E-state index in [2.05, 4.69) is 14.7 Å². The molecule has 0 atom stereocenters. The summed E-state index contributed by atoms with van der Waals surface area (Å²) < 4.78 is 9.38. The largest absolute Gasteiger partial charge is 0.458 e. The van der Waals surface area contributed by atoms with Gasteiger partial charge in [-0.3, -0.25) is 9.97 Å². The molecule has 2 rings (SSSR count). The molecule has 0 unspecified atom stereocenters. The highest BCUT2D eigenvalue weighted by molar-refractivity contribution is 6.30. The molecule has 0 fully saturated rings. The Balaban J connectivity index is 2.17. The van der Waals surface area contributed by atoms with Crippen LogP contribution in [0.5, 0.6) is 5.75 Å². The molecule has 1 aromatic heterocycles. The van der Waals surface area contributed by atoms with Crippen LogP contribution in [0.2, 0.25) is 0 Å². The minimum absolute atomic E-state index is 0.122. The van der Waals surface area contributed by atoms with Crippen LogP contribution in [0.4, 0.5) is 0 Å². The molecule has 6 nitrogen and oxygen atoms in total. The molecule has 0 aliphatic rings. The van der Waals surface area contributed by atoms with Gasteiger partial charge in [-0.15, -0.1) is 0 Å². The summed E-state index contributed by atoms with van der Waals surface area (Å²) in [6.07, 6.45) is 3.09. The van der Waals surface area contributed by atoms with Crippen LogP contribution < -0.4 is 4.74 Å². The first-order valence-electron chi connectivity index (χ1n) is 5.30. The second kappa shape index (κ2) is 5.22. The second-order valence-electron chi connectivity index (χ2n) is 3.32. The van der Waals surface area contributed by atoms with Crippen molar-refractivity contribution in [2.75, 3.05) is 6.61 Å². The average Bonchev–Trinajstić information content (AvgIpc) is 2.39. The number of rotatable bonds is 2. The van der Waals surface area contributed by atoms with E-state index in [0.717, 1.165) is 0 Å². The summed E-state index contributed by atoms with van der Waals surface area (Å²) in [7, 11) is 0. The van der Waals surface area contributed by atoms with Crippen LogP contribution in [0.15, 0.2) is 30.6 Å². The van der Waals surface area contributed by atoms with Gasteiger partial charge in [-0.1, -0.05) is 0 Å². The minimum Gasteiger partial charge on any atom is -0.458 e. The van der Waals surface area contributed by atoms with E-state index in [9.17, 15) is 9.59 Å². The summed E-state index contributed by atoms with van der Waals surface area (Å²) in [5.41, 5.74) is 1.25. The van der Waals surface area contributed by atoms with Crippen molar-refractivity contribution >= 4 is 23.0 Å². The molecule has 6 heteroatoms. The van der Waals surface area contributed by atoms with Crippen LogP contribution in [-0.2, 0) is 14.3 Å². The first-order valence-corrected chi connectivity index (χ1v) is 5.30. The van der Waals surface area contributed by atoms with Gasteiger partial charge in [-0.2, -0.15) is 0 Å². The Hall–Kier alpha value is -2.50. The smallest absolute Gasteiger partial charge is 0.422 e. The Kier molecular flexibility index (Phi) is 3.47. The molecule has 0 N–H and O–H groups in total. The monoisotopic (exact) mass is 246 g/mol. The van der Waals surface area contributed by atoms with Crippen molar-refractivity contribution < 1.29 is 19.1 Å². The Morgan fingerprint density at radius 1 is 1.11 bits per heavy atom. The highest BCUT2D eigenvalue weighted by Gasteiger charge is 2.17. The van der Waals surface area contributed by atoms with Gasteiger partial charge in [0.25, 0.3) is 0 Å². The standard InChI is InChI=1S/C12H10N2O4/c1-2-17-11(15)12(16)18-8-3-4-9-10(7-8)14-6-5-13-9/h3-7H,2H2,1H3. The fraction of sp³-hybridized carbons (Fsp3) is 0.167. The van der Waals surface area contributed by atoms with E-state index >= 15 is 0 Å². The summed E-state index contributed by atoms with van der Waals surface area (Å²) in [6.45, 7) is 1.73.